The maximum Gasteiger partial charge on any atom is 0.401 e. The van der Waals surface area contributed by atoms with Gasteiger partial charge in [-0.05, 0) is 6.07 Å². The van der Waals surface area contributed by atoms with Gasteiger partial charge in [0.1, 0.15) is 5.82 Å². The number of nitrogens with two attached hydrogens (primary N) is 1. The van der Waals surface area contributed by atoms with Crippen LogP contribution in [0.25, 0.3) is 0 Å². The molecular weight excluding hydrogens is 247 g/mol. The van der Waals surface area contributed by atoms with Crippen LogP contribution in [0.5, 0.6) is 0 Å². The third kappa shape index (κ3) is 3.46. The smallest absolute Gasteiger partial charge is 0.384 e. The maximum atomic E-state index is 12.2. The highest BCUT2D eigenvalue weighted by Crippen LogP contribution is 2.18. The number of anilines is 2. The van der Waals surface area contributed by atoms with E-state index in [1.807, 2.05) is 4.90 Å². The number of rotatable bonds is 2. The molecule has 5 nitrogen and oxygen atoms in total. The third-order valence-corrected chi connectivity index (χ3v) is 2.72. The van der Waals surface area contributed by atoms with Crippen LogP contribution in [0.4, 0.5) is 24.9 Å². The zero-order chi connectivity index (χ0) is 13.2. The monoisotopic (exact) mass is 261 g/mol. The summed E-state index contributed by atoms with van der Waals surface area (Å²) in [4.78, 5) is 11.3. The van der Waals surface area contributed by atoms with Crippen molar-refractivity contribution in [3.05, 3.63) is 12.3 Å². The first-order valence-electron chi connectivity index (χ1n) is 5.56. The van der Waals surface area contributed by atoms with E-state index in [9.17, 15) is 13.2 Å². The molecule has 1 aliphatic heterocycles. The fourth-order valence-electron chi connectivity index (χ4n) is 1.87. The molecule has 0 bridgehead atoms. The molecule has 1 saturated heterocycles. The number of piperazine rings is 1. The number of nitrogens with zero attached hydrogens (tertiary/aromatic N) is 4. The van der Waals surface area contributed by atoms with Gasteiger partial charge < -0.3 is 10.6 Å². The van der Waals surface area contributed by atoms with Crippen molar-refractivity contribution in [3.63, 3.8) is 0 Å². The maximum absolute atomic E-state index is 12.2. The normalized spacial score (nSPS) is 18.1. The van der Waals surface area contributed by atoms with Crippen LogP contribution in [0.2, 0.25) is 0 Å². The van der Waals surface area contributed by atoms with Crippen molar-refractivity contribution < 1.29 is 13.2 Å². The lowest BCUT2D eigenvalue weighted by Gasteiger charge is -2.34. The number of nitrogen functional groups attached to an aromatic ring is 1. The molecule has 2 heterocycles. The largest absolute Gasteiger partial charge is 0.401 e. The number of alkyl halides is 3. The Labute approximate surface area is 102 Å². The lowest BCUT2D eigenvalue weighted by atomic mass is 10.3. The Balaban J connectivity index is 1.91. The van der Waals surface area contributed by atoms with Crippen molar-refractivity contribution in [2.45, 2.75) is 6.18 Å². The van der Waals surface area contributed by atoms with Crippen LogP contribution in [-0.2, 0) is 0 Å². The number of halogens is 3. The molecule has 2 rings (SSSR count). The van der Waals surface area contributed by atoms with Gasteiger partial charge in [0.2, 0.25) is 5.95 Å². The zero-order valence-electron chi connectivity index (χ0n) is 9.69. The van der Waals surface area contributed by atoms with Gasteiger partial charge in [0.05, 0.1) is 6.54 Å². The first kappa shape index (κ1) is 12.9. The summed E-state index contributed by atoms with van der Waals surface area (Å²) in [6.45, 7) is 0.771. The van der Waals surface area contributed by atoms with E-state index in [-0.39, 0.29) is 0 Å². The molecule has 0 aromatic carbocycles. The summed E-state index contributed by atoms with van der Waals surface area (Å²) in [6, 6.07) is 1.57. The Kier molecular flexibility index (Phi) is 3.55. The van der Waals surface area contributed by atoms with Crippen molar-refractivity contribution in [1.29, 1.82) is 0 Å². The molecule has 0 spiro atoms. The molecule has 0 atom stereocenters. The van der Waals surface area contributed by atoms with E-state index in [0.29, 0.717) is 37.9 Å². The minimum atomic E-state index is -4.14. The van der Waals surface area contributed by atoms with Gasteiger partial charge in [-0.15, -0.1) is 0 Å². The van der Waals surface area contributed by atoms with Crippen molar-refractivity contribution >= 4 is 11.8 Å². The van der Waals surface area contributed by atoms with Crippen molar-refractivity contribution in [1.82, 2.24) is 14.9 Å². The summed E-state index contributed by atoms with van der Waals surface area (Å²) >= 11 is 0. The second kappa shape index (κ2) is 4.97. The second-order valence-corrected chi connectivity index (χ2v) is 4.16. The molecule has 0 unspecified atom stereocenters. The Morgan fingerprint density at radius 2 is 1.89 bits per heavy atom. The average molecular weight is 261 g/mol. The van der Waals surface area contributed by atoms with Crippen LogP contribution in [0.1, 0.15) is 0 Å². The van der Waals surface area contributed by atoms with Gasteiger partial charge >= 0.3 is 6.18 Å². The first-order valence-corrected chi connectivity index (χ1v) is 5.56. The standard InChI is InChI=1S/C10H14F3N5/c11-10(12,13)7-17-3-5-18(6-4-17)9-15-2-1-8(14)16-9/h1-2H,3-7H2,(H2,14,15,16). The van der Waals surface area contributed by atoms with Crippen LogP contribution in [0.15, 0.2) is 12.3 Å². The van der Waals surface area contributed by atoms with Crippen molar-refractivity contribution in [2.24, 2.45) is 0 Å². The zero-order valence-corrected chi connectivity index (χ0v) is 9.69. The Morgan fingerprint density at radius 3 is 2.44 bits per heavy atom. The third-order valence-electron chi connectivity index (χ3n) is 2.72. The van der Waals surface area contributed by atoms with Crippen LogP contribution >= 0.6 is 0 Å². The topological polar surface area (TPSA) is 58.3 Å². The Morgan fingerprint density at radius 1 is 1.22 bits per heavy atom. The van der Waals surface area contributed by atoms with Crippen LogP contribution < -0.4 is 10.6 Å². The minimum Gasteiger partial charge on any atom is -0.384 e. The molecule has 1 aliphatic rings. The summed E-state index contributed by atoms with van der Waals surface area (Å²) in [5.74, 6) is 0.833. The lowest BCUT2D eigenvalue weighted by Crippen LogP contribution is -2.49. The van der Waals surface area contributed by atoms with Crippen molar-refractivity contribution in [3.8, 4) is 0 Å². The van der Waals surface area contributed by atoms with Gasteiger partial charge in [0.15, 0.2) is 0 Å². The van der Waals surface area contributed by atoms with E-state index >= 15 is 0 Å². The van der Waals surface area contributed by atoms with Crippen molar-refractivity contribution in [2.75, 3.05) is 43.4 Å². The van der Waals surface area contributed by atoms with Crippen LogP contribution in [0.3, 0.4) is 0 Å². The minimum absolute atomic E-state index is 0.345. The molecule has 0 radical (unpaired) electrons. The van der Waals surface area contributed by atoms with Gasteiger partial charge in [-0.2, -0.15) is 18.2 Å². The molecule has 0 saturated carbocycles. The van der Waals surface area contributed by atoms with Gasteiger partial charge in [0.25, 0.3) is 0 Å². The van der Waals surface area contributed by atoms with Gasteiger partial charge in [0, 0.05) is 32.4 Å². The predicted molar refractivity (Wildman–Crippen MR) is 61.2 cm³/mol. The fraction of sp³-hybridized carbons (Fsp3) is 0.600. The Bertz CT molecular complexity index is 401. The first-order chi connectivity index (χ1) is 8.44. The van der Waals surface area contributed by atoms with E-state index in [2.05, 4.69) is 9.97 Å². The van der Waals surface area contributed by atoms with Crippen LogP contribution in [-0.4, -0.2) is 53.8 Å². The summed E-state index contributed by atoms with van der Waals surface area (Å²) in [6.07, 6.45) is -2.60. The molecule has 1 aromatic rings. The highest BCUT2D eigenvalue weighted by Gasteiger charge is 2.32. The predicted octanol–water partition coefficient (Wildman–Crippen LogP) is 0.743. The van der Waals surface area contributed by atoms with E-state index in [1.54, 1.807) is 12.3 Å². The Hall–Kier alpha value is -1.57. The highest BCUT2D eigenvalue weighted by atomic mass is 19.4. The van der Waals surface area contributed by atoms with Gasteiger partial charge in [-0.1, -0.05) is 0 Å². The SMILES string of the molecule is Nc1ccnc(N2CCN(CC(F)(F)F)CC2)n1. The average Bonchev–Trinajstić information content (AvgIpc) is 2.28. The summed E-state index contributed by atoms with van der Waals surface area (Å²) in [5, 5.41) is 0. The van der Waals surface area contributed by atoms with E-state index in [1.165, 1.54) is 4.90 Å². The number of aromatic nitrogens is 2. The number of hydrogen-bond acceptors (Lipinski definition) is 5. The van der Waals surface area contributed by atoms with Gasteiger partial charge in [-0.3, -0.25) is 4.90 Å². The number of hydrogen-bond donors (Lipinski definition) is 1. The van der Waals surface area contributed by atoms with Crippen LogP contribution in [0, 0.1) is 0 Å². The lowest BCUT2D eigenvalue weighted by molar-refractivity contribution is -0.146. The van der Waals surface area contributed by atoms with E-state index < -0.39 is 12.7 Å². The van der Waals surface area contributed by atoms with E-state index in [4.69, 9.17) is 5.73 Å². The molecule has 8 heteroatoms. The van der Waals surface area contributed by atoms with Gasteiger partial charge in [-0.25, -0.2) is 4.98 Å². The summed E-state index contributed by atoms with van der Waals surface area (Å²) < 4.78 is 36.7. The molecule has 0 amide bonds. The summed E-state index contributed by atoms with van der Waals surface area (Å²) in [5.41, 5.74) is 5.54. The molecule has 18 heavy (non-hydrogen) atoms. The fourth-order valence-corrected chi connectivity index (χ4v) is 1.87. The quantitative estimate of drug-likeness (QED) is 0.851. The molecule has 0 aliphatic carbocycles. The molecule has 1 fully saturated rings. The molecule has 2 N–H and O–H groups in total. The van der Waals surface area contributed by atoms with E-state index in [0.717, 1.165) is 0 Å². The highest BCUT2D eigenvalue weighted by molar-refractivity contribution is 5.38. The summed E-state index contributed by atoms with van der Waals surface area (Å²) in [7, 11) is 0. The molecule has 1 aromatic heterocycles. The molecular formula is C10H14F3N5. The second-order valence-electron chi connectivity index (χ2n) is 4.16. The molecule has 100 valence electrons.